The first kappa shape index (κ1) is 18.6. The Morgan fingerprint density at radius 1 is 1.42 bits per heavy atom. The molecule has 0 saturated carbocycles. The van der Waals surface area contributed by atoms with Gasteiger partial charge in [0.1, 0.15) is 11.1 Å². The zero-order chi connectivity index (χ0) is 18.7. The highest BCUT2D eigenvalue weighted by Gasteiger charge is 2.21. The number of nitriles is 1. The normalized spacial score (nSPS) is 14.0. The third-order valence-electron chi connectivity index (χ3n) is 4.98. The molecule has 0 aliphatic heterocycles. The zero-order valence-corrected chi connectivity index (χ0v) is 16.4. The Labute approximate surface area is 158 Å². The van der Waals surface area contributed by atoms with E-state index in [-0.39, 0.29) is 12.5 Å². The molecular weight excluding hydrogens is 346 g/mol. The maximum atomic E-state index is 12.5. The molecule has 0 atom stereocenters. The number of anilines is 1. The minimum absolute atomic E-state index is 0.0815. The molecule has 2 aromatic heterocycles. The van der Waals surface area contributed by atoms with Gasteiger partial charge in [-0.25, -0.2) is 0 Å². The highest BCUT2D eigenvalue weighted by molar-refractivity contribution is 7.16. The molecule has 1 amide bonds. The monoisotopic (exact) mass is 371 g/mol. The highest BCUT2D eigenvalue weighted by atomic mass is 32.1. The van der Waals surface area contributed by atoms with Crippen LogP contribution in [0.5, 0.6) is 0 Å². The van der Waals surface area contributed by atoms with Gasteiger partial charge < -0.3 is 5.32 Å². The van der Waals surface area contributed by atoms with Gasteiger partial charge in [-0.05, 0) is 45.2 Å². The number of hydrogen-bond donors (Lipinski definition) is 1. The van der Waals surface area contributed by atoms with Gasteiger partial charge in [-0.3, -0.25) is 14.4 Å². The molecule has 0 spiro atoms. The second kappa shape index (κ2) is 8.02. The second-order valence-corrected chi connectivity index (χ2v) is 8.08. The number of aromatic nitrogens is 2. The number of thiophene rings is 1. The third-order valence-corrected chi connectivity index (χ3v) is 6.18. The van der Waals surface area contributed by atoms with E-state index in [4.69, 9.17) is 0 Å². The number of amides is 1. The standard InChI is InChI=1S/C19H25N5OS/c1-13-14(10-21-24(13)3)11-23(2)12-18(25)22-19-16(9-20)15-7-5-4-6-8-17(15)26-19/h10H,4-8,11-12H2,1-3H3,(H,22,25). The van der Waals surface area contributed by atoms with Crippen LogP contribution in [-0.4, -0.2) is 34.2 Å². The largest absolute Gasteiger partial charge is 0.315 e. The van der Waals surface area contributed by atoms with Crippen LogP contribution in [0.4, 0.5) is 5.00 Å². The lowest BCUT2D eigenvalue weighted by atomic mass is 10.1. The molecule has 2 aromatic rings. The Bertz CT molecular complexity index is 845. The molecular formula is C19H25N5OS. The van der Waals surface area contributed by atoms with E-state index in [0.29, 0.717) is 12.1 Å². The van der Waals surface area contributed by atoms with Gasteiger partial charge in [-0.2, -0.15) is 10.4 Å². The lowest BCUT2D eigenvalue weighted by Gasteiger charge is -2.15. The van der Waals surface area contributed by atoms with E-state index >= 15 is 0 Å². The Balaban J connectivity index is 1.65. The summed E-state index contributed by atoms with van der Waals surface area (Å²) < 4.78 is 1.83. The molecule has 0 aromatic carbocycles. The number of aryl methyl sites for hydroxylation is 2. The molecule has 2 heterocycles. The summed E-state index contributed by atoms with van der Waals surface area (Å²) in [5.74, 6) is -0.0815. The van der Waals surface area contributed by atoms with E-state index in [2.05, 4.69) is 16.5 Å². The highest BCUT2D eigenvalue weighted by Crippen LogP contribution is 2.36. The van der Waals surface area contributed by atoms with E-state index in [1.165, 1.54) is 17.7 Å². The van der Waals surface area contributed by atoms with Crippen molar-refractivity contribution in [2.24, 2.45) is 7.05 Å². The van der Waals surface area contributed by atoms with Crippen LogP contribution in [-0.2, 0) is 31.2 Å². The summed E-state index contributed by atoms with van der Waals surface area (Å²) >= 11 is 1.58. The van der Waals surface area contributed by atoms with Crippen molar-refractivity contribution in [3.8, 4) is 6.07 Å². The molecule has 0 saturated heterocycles. The van der Waals surface area contributed by atoms with Crippen molar-refractivity contribution in [3.63, 3.8) is 0 Å². The molecule has 0 unspecified atom stereocenters. The van der Waals surface area contributed by atoms with Crippen LogP contribution < -0.4 is 5.32 Å². The van der Waals surface area contributed by atoms with Crippen LogP contribution in [0.2, 0.25) is 0 Å². The second-order valence-electron chi connectivity index (χ2n) is 6.98. The molecule has 3 rings (SSSR count). The maximum absolute atomic E-state index is 12.5. The van der Waals surface area contributed by atoms with Crippen molar-refractivity contribution in [1.82, 2.24) is 14.7 Å². The Morgan fingerprint density at radius 3 is 2.88 bits per heavy atom. The van der Waals surface area contributed by atoms with Crippen molar-refractivity contribution >= 4 is 22.2 Å². The van der Waals surface area contributed by atoms with Crippen LogP contribution in [0.1, 0.15) is 46.5 Å². The van der Waals surface area contributed by atoms with Gasteiger partial charge in [-0.15, -0.1) is 11.3 Å². The summed E-state index contributed by atoms with van der Waals surface area (Å²) in [6, 6.07) is 2.31. The number of carbonyl (C=O) groups is 1. The van der Waals surface area contributed by atoms with E-state index < -0.39 is 0 Å². The molecule has 7 heteroatoms. The molecule has 0 fully saturated rings. The molecule has 1 aliphatic rings. The SMILES string of the molecule is Cc1c(CN(C)CC(=O)Nc2sc3c(c2C#N)CCCCC3)cnn1C. The smallest absolute Gasteiger partial charge is 0.239 e. The molecule has 26 heavy (non-hydrogen) atoms. The van der Waals surface area contributed by atoms with Gasteiger partial charge >= 0.3 is 0 Å². The van der Waals surface area contributed by atoms with Crippen LogP contribution in [0.25, 0.3) is 0 Å². The Hall–Kier alpha value is -2.17. The van der Waals surface area contributed by atoms with E-state index in [9.17, 15) is 10.1 Å². The number of likely N-dealkylation sites (N-methyl/N-ethyl adjacent to an activating group) is 1. The number of hydrogen-bond acceptors (Lipinski definition) is 5. The van der Waals surface area contributed by atoms with Gasteiger partial charge in [0.25, 0.3) is 0 Å². The topological polar surface area (TPSA) is 74.0 Å². The number of fused-ring (bicyclic) bond motifs is 1. The van der Waals surface area contributed by atoms with Crippen LogP contribution >= 0.6 is 11.3 Å². The van der Waals surface area contributed by atoms with Gasteiger partial charge in [0.05, 0.1) is 18.3 Å². The minimum Gasteiger partial charge on any atom is -0.315 e. The first-order chi connectivity index (χ1) is 12.5. The molecule has 6 nitrogen and oxygen atoms in total. The van der Waals surface area contributed by atoms with Crippen LogP contribution in [0.3, 0.4) is 0 Å². The van der Waals surface area contributed by atoms with Crippen molar-refractivity contribution in [2.75, 3.05) is 18.9 Å². The molecule has 1 aliphatic carbocycles. The summed E-state index contributed by atoms with van der Waals surface area (Å²) in [6.07, 6.45) is 7.31. The predicted molar refractivity (Wildman–Crippen MR) is 103 cm³/mol. The van der Waals surface area contributed by atoms with Gasteiger partial charge in [-0.1, -0.05) is 6.42 Å². The average molecular weight is 372 g/mol. The van der Waals surface area contributed by atoms with Gasteiger partial charge in [0, 0.05) is 29.7 Å². The quantitative estimate of drug-likeness (QED) is 0.820. The fourth-order valence-electron chi connectivity index (χ4n) is 3.41. The maximum Gasteiger partial charge on any atom is 0.239 e. The Kier molecular flexibility index (Phi) is 5.74. The molecule has 0 bridgehead atoms. The first-order valence-corrected chi connectivity index (χ1v) is 9.81. The van der Waals surface area contributed by atoms with E-state index in [1.54, 1.807) is 11.3 Å². The fourth-order valence-corrected chi connectivity index (χ4v) is 4.66. The van der Waals surface area contributed by atoms with Crippen molar-refractivity contribution < 1.29 is 4.79 Å². The van der Waals surface area contributed by atoms with Gasteiger partial charge in [0.2, 0.25) is 5.91 Å². The Morgan fingerprint density at radius 2 is 2.19 bits per heavy atom. The summed E-state index contributed by atoms with van der Waals surface area (Å²) in [6.45, 7) is 2.97. The molecule has 1 N–H and O–H groups in total. The molecule has 0 radical (unpaired) electrons. The summed E-state index contributed by atoms with van der Waals surface area (Å²) in [7, 11) is 3.83. The van der Waals surface area contributed by atoms with Crippen molar-refractivity contribution in [2.45, 2.75) is 45.6 Å². The van der Waals surface area contributed by atoms with E-state index in [1.807, 2.05) is 36.8 Å². The lowest BCUT2D eigenvalue weighted by molar-refractivity contribution is -0.117. The van der Waals surface area contributed by atoms with Crippen molar-refractivity contribution in [1.29, 1.82) is 5.26 Å². The summed E-state index contributed by atoms with van der Waals surface area (Å²) in [5.41, 5.74) is 4.05. The summed E-state index contributed by atoms with van der Waals surface area (Å²) in [5, 5.41) is 17.5. The third kappa shape index (κ3) is 3.97. The van der Waals surface area contributed by atoms with Crippen molar-refractivity contribution in [3.05, 3.63) is 33.5 Å². The first-order valence-electron chi connectivity index (χ1n) is 9.00. The minimum atomic E-state index is -0.0815. The number of rotatable bonds is 5. The average Bonchev–Trinajstić information content (AvgIpc) is 2.97. The van der Waals surface area contributed by atoms with Gasteiger partial charge in [0.15, 0.2) is 0 Å². The summed E-state index contributed by atoms with van der Waals surface area (Å²) in [4.78, 5) is 15.7. The molecule has 138 valence electrons. The predicted octanol–water partition coefficient (Wildman–Crippen LogP) is 3.00. The van der Waals surface area contributed by atoms with Crippen LogP contribution in [0, 0.1) is 18.3 Å². The van der Waals surface area contributed by atoms with Crippen LogP contribution in [0.15, 0.2) is 6.20 Å². The number of nitrogens with zero attached hydrogens (tertiary/aromatic N) is 4. The number of nitrogens with one attached hydrogen (secondary N) is 1. The van der Waals surface area contributed by atoms with E-state index in [0.717, 1.165) is 41.1 Å². The fraction of sp³-hybridized carbons (Fsp3) is 0.526. The zero-order valence-electron chi connectivity index (χ0n) is 15.6. The number of carbonyl (C=O) groups excluding carboxylic acids is 1. The lowest BCUT2D eigenvalue weighted by Crippen LogP contribution is -2.30.